The second-order valence-electron chi connectivity index (χ2n) is 9.17. The van der Waals surface area contributed by atoms with Gasteiger partial charge in [0.2, 0.25) is 11.8 Å². The summed E-state index contributed by atoms with van der Waals surface area (Å²) < 4.78 is 8.04. The molecule has 0 aliphatic carbocycles. The molecule has 8 heteroatoms. The van der Waals surface area contributed by atoms with Crippen molar-refractivity contribution in [3.63, 3.8) is 0 Å². The van der Waals surface area contributed by atoms with Crippen LogP contribution in [-0.4, -0.2) is 63.7 Å². The number of ether oxygens (including phenoxy) is 1. The second-order valence-corrected chi connectivity index (χ2v) is 9.61. The molecule has 0 unspecified atom stereocenters. The van der Waals surface area contributed by atoms with E-state index in [2.05, 4.69) is 5.10 Å². The number of hydrogen-bond acceptors (Lipinski definition) is 4. The molecule has 2 amide bonds. The van der Waals surface area contributed by atoms with Gasteiger partial charge in [-0.15, -0.1) is 0 Å². The molecule has 1 aromatic carbocycles. The number of carbonyl (C=O) groups is 2. The Bertz CT molecular complexity index is 957. The molecule has 33 heavy (non-hydrogen) atoms. The number of benzene rings is 1. The lowest BCUT2D eigenvalue weighted by Gasteiger charge is -2.39. The first-order chi connectivity index (χ1) is 16.0. The van der Waals surface area contributed by atoms with Gasteiger partial charge in [-0.1, -0.05) is 17.7 Å². The molecule has 2 fully saturated rings. The van der Waals surface area contributed by atoms with Gasteiger partial charge in [0, 0.05) is 69.6 Å². The van der Waals surface area contributed by atoms with E-state index < -0.39 is 0 Å². The molecule has 7 nitrogen and oxygen atoms in total. The second kappa shape index (κ2) is 11.1. The Kier molecular flexibility index (Phi) is 7.91. The number of hydrogen-bond donors (Lipinski definition) is 0. The van der Waals surface area contributed by atoms with E-state index in [1.54, 1.807) is 16.9 Å². The molecule has 4 rings (SSSR count). The zero-order valence-corrected chi connectivity index (χ0v) is 20.0. The van der Waals surface area contributed by atoms with Crippen molar-refractivity contribution in [2.75, 3.05) is 26.2 Å². The molecular formula is C25H33ClN4O3. The summed E-state index contributed by atoms with van der Waals surface area (Å²) in [4.78, 5) is 29.9. The van der Waals surface area contributed by atoms with Gasteiger partial charge < -0.3 is 14.5 Å². The average molecular weight is 473 g/mol. The number of aromatic nitrogens is 2. The van der Waals surface area contributed by atoms with Crippen LogP contribution in [0.4, 0.5) is 0 Å². The summed E-state index contributed by atoms with van der Waals surface area (Å²) in [6.07, 6.45) is 9.15. The van der Waals surface area contributed by atoms with Crippen molar-refractivity contribution in [2.24, 2.45) is 13.0 Å². The number of aryl methyl sites for hydroxylation is 2. The van der Waals surface area contributed by atoms with Gasteiger partial charge >= 0.3 is 0 Å². The fourth-order valence-electron chi connectivity index (χ4n) is 4.81. The molecule has 2 aliphatic heterocycles. The minimum Gasteiger partial charge on any atom is -0.490 e. The molecular weight excluding hydrogens is 440 g/mol. The zero-order chi connectivity index (χ0) is 23.2. The highest BCUT2D eigenvalue weighted by Crippen LogP contribution is 2.28. The van der Waals surface area contributed by atoms with Crippen LogP contribution in [0.15, 0.2) is 36.7 Å². The van der Waals surface area contributed by atoms with Crippen molar-refractivity contribution in [2.45, 2.75) is 51.0 Å². The highest BCUT2D eigenvalue weighted by molar-refractivity contribution is 6.30. The third-order valence-electron chi connectivity index (χ3n) is 6.63. The average Bonchev–Trinajstić information content (AvgIpc) is 3.24. The van der Waals surface area contributed by atoms with Crippen LogP contribution in [0.5, 0.6) is 5.75 Å². The van der Waals surface area contributed by atoms with Crippen molar-refractivity contribution in [1.82, 2.24) is 19.6 Å². The van der Waals surface area contributed by atoms with Crippen LogP contribution in [0.25, 0.3) is 0 Å². The maximum Gasteiger partial charge on any atom is 0.223 e. The molecule has 178 valence electrons. The van der Waals surface area contributed by atoms with Crippen LogP contribution in [0.2, 0.25) is 5.02 Å². The van der Waals surface area contributed by atoms with Crippen LogP contribution in [0, 0.1) is 5.92 Å². The monoisotopic (exact) mass is 472 g/mol. The van der Waals surface area contributed by atoms with Crippen LogP contribution in [-0.2, 0) is 23.1 Å². The highest BCUT2D eigenvalue weighted by Gasteiger charge is 2.35. The summed E-state index contributed by atoms with van der Waals surface area (Å²) in [7, 11) is 1.87. The number of nitrogens with zero attached hydrogens (tertiary/aromatic N) is 4. The Morgan fingerprint density at radius 2 is 1.94 bits per heavy atom. The van der Waals surface area contributed by atoms with Gasteiger partial charge in [-0.05, 0) is 49.4 Å². The zero-order valence-electron chi connectivity index (χ0n) is 19.3. The van der Waals surface area contributed by atoms with E-state index in [1.807, 2.05) is 41.2 Å². The van der Waals surface area contributed by atoms with Gasteiger partial charge in [0.25, 0.3) is 0 Å². The molecule has 3 heterocycles. The van der Waals surface area contributed by atoms with Crippen molar-refractivity contribution in [3.8, 4) is 5.75 Å². The number of carbonyl (C=O) groups excluding carboxylic acids is 2. The molecule has 0 radical (unpaired) electrons. The molecule has 2 aliphatic rings. The minimum atomic E-state index is -0.125. The Morgan fingerprint density at radius 1 is 1.12 bits per heavy atom. The third-order valence-corrected chi connectivity index (χ3v) is 6.87. The highest BCUT2D eigenvalue weighted by atomic mass is 35.5. The first kappa shape index (κ1) is 23.6. The fraction of sp³-hybridized carbons (Fsp3) is 0.560. The van der Waals surface area contributed by atoms with Gasteiger partial charge in [-0.2, -0.15) is 5.10 Å². The maximum absolute atomic E-state index is 13.0. The van der Waals surface area contributed by atoms with E-state index >= 15 is 0 Å². The molecule has 0 bridgehead atoms. The van der Waals surface area contributed by atoms with Gasteiger partial charge in [0.05, 0.1) is 6.20 Å². The van der Waals surface area contributed by atoms with Gasteiger partial charge in [-0.3, -0.25) is 14.3 Å². The summed E-state index contributed by atoms with van der Waals surface area (Å²) in [6.45, 7) is 2.83. The molecule has 2 atom stereocenters. The van der Waals surface area contributed by atoms with Gasteiger partial charge in [0.15, 0.2) is 0 Å². The number of piperidine rings is 2. The summed E-state index contributed by atoms with van der Waals surface area (Å²) in [5, 5.41) is 4.80. The molecule has 2 saturated heterocycles. The SMILES string of the molecule is Cn1cc(CCC(=O)N2CC[C@H](Oc3cccc(Cl)c3)[C@@H](CC(=O)N3CCCCC3)C2)cn1. The Morgan fingerprint density at radius 3 is 2.67 bits per heavy atom. The maximum atomic E-state index is 13.0. The number of rotatable bonds is 7. The third kappa shape index (κ3) is 6.50. The first-order valence-electron chi connectivity index (χ1n) is 11.9. The Labute approximate surface area is 200 Å². The normalized spacial score (nSPS) is 21.2. The lowest BCUT2D eigenvalue weighted by Crippen LogP contribution is -2.50. The number of halogens is 1. The summed E-state index contributed by atoms with van der Waals surface area (Å²) in [5.41, 5.74) is 1.06. The standard InChI is InChI=1S/C25H33ClN4O3/c1-28-17-19(16-27-28)8-9-24(31)30-13-10-23(33-22-7-5-6-21(26)15-22)20(18-30)14-25(32)29-11-3-2-4-12-29/h5-7,15-17,20,23H,2-4,8-14,18H2,1H3/t20-,23-/m0/s1. The number of amides is 2. The van der Waals surface area contributed by atoms with Gasteiger partial charge in [-0.25, -0.2) is 0 Å². The largest absolute Gasteiger partial charge is 0.490 e. The molecule has 1 aromatic heterocycles. The van der Waals surface area contributed by atoms with E-state index in [0.717, 1.165) is 31.5 Å². The van der Waals surface area contributed by atoms with Crippen LogP contribution in [0.3, 0.4) is 0 Å². The number of likely N-dealkylation sites (tertiary alicyclic amines) is 2. The molecule has 0 spiro atoms. The van der Waals surface area contributed by atoms with E-state index in [0.29, 0.717) is 49.5 Å². The molecule has 0 N–H and O–H groups in total. The van der Waals surface area contributed by atoms with Crippen LogP contribution >= 0.6 is 11.6 Å². The quantitative estimate of drug-likeness (QED) is 0.616. The fourth-order valence-corrected chi connectivity index (χ4v) is 4.99. The van der Waals surface area contributed by atoms with E-state index in [4.69, 9.17) is 16.3 Å². The summed E-state index contributed by atoms with van der Waals surface area (Å²) in [5.74, 6) is 0.952. The Hall–Kier alpha value is -2.54. The van der Waals surface area contributed by atoms with Crippen molar-refractivity contribution in [3.05, 3.63) is 47.2 Å². The lowest BCUT2D eigenvalue weighted by molar-refractivity contribution is -0.139. The predicted molar refractivity (Wildman–Crippen MR) is 127 cm³/mol. The summed E-state index contributed by atoms with van der Waals surface area (Å²) >= 11 is 6.14. The summed E-state index contributed by atoms with van der Waals surface area (Å²) in [6, 6.07) is 7.37. The van der Waals surface area contributed by atoms with E-state index in [1.165, 1.54) is 6.42 Å². The topological polar surface area (TPSA) is 67.7 Å². The predicted octanol–water partition coefficient (Wildman–Crippen LogP) is 3.70. The van der Waals surface area contributed by atoms with E-state index in [-0.39, 0.29) is 23.8 Å². The van der Waals surface area contributed by atoms with Crippen LogP contribution in [0.1, 0.15) is 44.1 Å². The van der Waals surface area contributed by atoms with Gasteiger partial charge in [0.1, 0.15) is 11.9 Å². The smallest absolute Gasteiger partial charge is 0.223 e. The van der Waals surface area contributed by atoms with E-state index in [9.17, 15) is 9.59 Å². The molecule has 0 saturated carbocycles. The van der Waals surface area contributed by atoms with Crippen molar-refractivity contribution in [1.29, 1.82) is 0 Å². The Balaban J connectivity index is 1.41. The first-order valence-corrected chi connectivity index (χ1v) is 12.3. The van der Waals surface area contributed by atoms with Crippen LogP contribution < -0.4 is 4.74 Å². The van der Waals surface area contributed by atoms with Crippen molar-refractivity contribution < 1.29 is 14.3 Å². The lowest BCUT2D eigenvalue weighted by atomic mass is 9.90. The minimum absolute atomic E-state index is 0.0468. The van der Waals surface area contributed by atoms with Crippen molar-refractivity contribution >= 4 is 23.4 Å². The molecule has 2 aromatic rings.